The van der Waals surface area contributed by atoms with Crippen LogP contribution in [0.2, 0.25) is 0 Å². The molecular formula is C16H23N3O2. The predicted molar refractivity (Wildman–Crippen MR) is 82.3 cm³/mol. The average Bonchev–Trinajstić information content (AvgIpc) is 2.50. The number of rotatable bonds is 3. The van der Waals surface area contributed by atoms with Crippen LogP contribution in [-0.2, 0) is 11.3 Å². The number of benzene rings is 1. The lowest BCUT2D eigenvalue weighted by Gasteiger charge is -2.32. The van der Waals surface area contributed by atoms with Gasteiger partial charge in [-0.25, -0.2) is 4.79 Å². The Hall–Kier alpha value is -1.59. The van der Waals surface area contributed by atoms with Gasteiger partial charge >= 0.3 is 6.03 Å². The van der Waals surface area contributed by atoms with Crippen LogP contribution in [0.25, 0.3) is 0 Å². The summed E-state index contributed by atoms with van der Waals surface area (Å²) in [6.45, 7) is 2.36. The molecule has 1 aromatic rings. The van der Waals surface area contributed by atoms with Crippen LogP contribution in [-0.4, -0.2) is 38.2 Å². The van der Waals surface area contributed by atoms with Gasteiger partial charge in [-0.15, -0.1) is 0 Å². The summed E-state index contributed by atoms with van der Waals surface area (Å²) >= 11 is 0. The van der Waals surface area contributed by atoms with Crippen LogP contribution in [0.4, 0.5) is 10.5 Å². The second-order valence-electron chi connectivity index (χ2n) is 5.95. The standard InChI is InChI=1S/C16H23N3O2/c1-17-15(12-4-3-7-21-10-12)11-5-6-14-13(8-11)9-19(2)16(20)18-14/h5-6,8,12,15,17H,3-4,7,9-10H2,1-2H3,(H,18,20). The summed E-state index contributed by atoms with van der Waals surface area (Å²) in [5.74, 6) is 0.512. The highest BCUT2D eigenvalue weighted by molar-refractivity contribution is 5.92. The van der Waals surface area contributed by atoms with Gasteiger partial charge in [-0.3, -0.25) is 0 Å². The maximum Gasteiger partial charge on any atom is 0.321 e. The molecule has 0 aliphatic carbocycles. The van der Waals surface area contributed by atoms with Gasteiger partial charge in [-0.2, -0.15) is 0 Å². The Labute approximate surface area is 125 Å². The van der Waals surface area contributed by atoms with Crippen molar-refractivity contribution in [2.75, 3.05) is 32.6 Å². The molecule has 1 fully saturated rings. The Bertz CT molecular complexity index is 526. The number of ether oxygens (including phenoxy) is 1. The molecule has 2 N–H and O–H groups in total. The second-order valence-corrected chi connectivity index (χ2v) is 5.95. The molecule has 2 atom stereocenters. The molecular weight excluding hydrogens is 266 g/mol. The SMILES string of the molecule is CNC(c1ccc2c(c1)CN(C)C(=O)N2)C1CCCOC1. The third kappa shape index (κ3) is 2.89. The third-order valence-electron chi connectivity index (χ3n) is 4.46. The Morgan fingerprint density at radius 1 is 1.48 bits per heavy atom. The Morgan fingerprint density at radius 3 is 3.05 bits per heavy atom. The molecule has 0 aromatic heterocycles. The molecule has 1 saturated heterocycles. The molecule has 1 aromatic carbocycles. The molecule has 21 heavy (non-hydrogen) atoms. The maximum atomic E-state index is 11.7. The zero-order valence-corrected chi connectivity index (χ0v) is 12.7. The summed E-state index contributed by atoms with van der Waals surface area (Å²) in [4.78, 5) is 13.4. The van der Waals surface area contributed by atoms with Crippen molar-refractivity contribution in [3.63, 3.8) is 0 Å². The van der Waals surface area contributed by atoms with E-state index < -0.39 is 0 Å². The normalized spacial score (nSPS) is 23.4. The van der Waals surface area contributed by atoms with E-state index in [1.165, 1.54) is 17.5 Å². The number of carbonyl (C=O) groups excluding carboxylic acids is 1. The van der Waals surface area contributed by atoms with E-state index in [9.17, 15) is 4.79 Å². The smallest absolute Gasteiger partial charge is 0.321 e. The summed E-state index contributed by atoms with van der Waals surface area (Å²) in [5.41, 5.74) is 3.37. The molecule has 0 saturated carbocycles. The molecule has 114 valence electrons. The van der Waals surface area contributed by atoms with E-state index in [4.69, 9.17) is 4.74 Å². The van der Waals surface area contributed by atoms with E-state index in [2.05, 4.69) is 22.8 Å². The summed E-state index contributed by atoms with van der Waals surface area (Å²) in [7, 11) is 3.82. The predicted octanol–water partition coefficient (Wildman–Crippen LogP) is 2.35. The summed E-state index contributed by atoms with van der Waals surface area (Å²) in [6.07, 6.45) is 2.33. The fraction of sp³-hybridized carbons (Fsp3) is 0.562. The van der Waals surface area contributed by atoms with Crippen LogP contribution in [0.15, 0.2) is 18.2 Å². The highest BCUT2D eigenvalue weighted by Crippen LogP contribution is 2.32. The molecule has 2 amide bonds. The van der Waals surface area contributed by atoms with Crippen molar-refractivity contribution in [2.24, 2.45) is 5.92 Å². The summed E-state index contributed by atoms with van der Waals surface area (Å²) in [6, 6.07) is 6.60. The highest BCUT2D eigenvalue weighted by atomic mass is 16.5. The van der Waals surface area contributed by atoms with Crippen LogP contribution in [0.5, 0.6) is 0 Å². The Kier molecular flexibility index (Phi) is 4.12. The fourth-order valence-electron chi connectivity index (χ4n) is 3.30. The molecule has 2 heterocycles. The van der Waals surface area contributed by atoms with Gasteiger partial charge in [0.15, 0.2) is 0 Å². The molecule has 3 rings (SSSR count). The zero-order chi connectivity index (χ0) is 14.8. The third-order valence-corrected chi connectivity index (χ3v) is 4.46. The van der Waals surface area contributed by atoms with Crippen molar-refractivity contribution >= 4 is 11.7 Å². The average molecular weight is 289 g/mol. The number of anilines is 1. The summed E-state index contributed by atoms with van der Waals surface area (Å²) in [5, 5.41) is 6.35. The second kappa shape index (κ2) is 6.03. The quantitative estimate of drug-likeness (QED) is 0.898. The number of fused-ring (bicyclic) bond motifs is 1. The lowest BCUT2D eigenvalue weighted by atomic mass is 9.87. The first-order valence-corrected chi connectivity index (χ1v) is 7.59. The molecule has 2 unspecified atom stereocenters. The molecule has 0 radical (unpaired) electrons. The largest absolute Gasteiger partial charge is 0.381 e. The maximum absolute atomic E-state index is 11.7. The van der Waals surface area contributed by atoms with Gasteiger partial charge in [0.2, 0.25) is 0 Å². The molecule has 5 heteroatoms. The van der Waals surface area contributed by atoms with Gasteiger partial charge in [0, 0.05) is 37.8 Å². The van der Waals surface area contributed by atoms with Crippen molar-refractivity contribution in [3.05, 3.63) is 29.3 Å². The van der Waals surface area contributed by atoms with Gasteiger partial charge in [0.1, 0.15) is 0 Å². The van der Waals surface area contributed by atoms with Gasteiger partial charge in [-0.05, 0) is 37.1 Å². The minimum atomic E-state index is -0.0407. The molecule has 2 aliphatic heterocycles. The fourth-order valence-corrected chi connectivity index (χ4v) is 3.30. The minimum absolute atomic E-state index is 0.0407. The first kappa shape index (κ1) is 14.4. The first-order valence-electron chi connectivity index (χ1n) is 7.59. The highest BCUT2D eigenvalue weighted by Gasteiger charge is 2.26. The van der Waals surface area contributed by atoms with Crippen molar-refractivity contribution in [3.8, 4) is 0 Å². The minimum Gasteiger partial charge on any atom is -0.381 e. The van der Waals surface area contributed by atoms with Gasteiger partial charge in [-0.1, -0.05) is 12.1 Å². The van der Waals surface area contributed by atoms with Crippen LogP contribution in [0.3, 0.4) is 0 Å². The monoisotopic (exact) mass is 289 g/mol. The van der Waals surface area contributed by atoms with E-state index >= 15 is 0 Å². The molecule has 0 spiro atoms. The van der Waals surface area contributed by atoms with Gasteiger partial charge in [0.25, 0.3) is 0 Å². The molecule has 2 aliphatic rings. The Balaban J connectivity index is 1.84. The van der Waals surface area contributed by atoms with E-state index in [0.717, 1.165) is 25.3 Å². The number of nitrogens with zero attached hydrogens (tertiary/aromatic N) is 1. The molecule has 0 bridgehead atoms. The zero-order valence-electron chi connectivity index (χ0n) is 12.7. The van der Waals surface area contributed by atoms with E-state index in [-0.39, 0.29) is 6.03 Å². The van der Waals surface area contributed by atoms with Gasteiger partial charge < -0.3 is 20.3 Å². The van der Waals surface area contributed by atoms with Gasteiger partial charge in [0.05, 0.1) is 6.61 Å². The van der Waals surface area contributed by atoms with Crippen LogP contribution < -0.4 is 10.6 Å². The Morgan fingerprint density at radius 2 is 2.33 bits per heavy atom. The lowest BCUT2D eigenvalue weighted by molar-refractivity contribution is 0.0402. The molecule has 5 nitrogen and oxygen atoms in total. The van der Waals surface area contributed by atoms with Crippen molar-refractivity contribution in [2.45, 2.75) is 25.4 Å². The number of carbonyl (C=O) groups is 1. The lowest BCUT2D eigenvalue weighted by Crippen LogP contribution is -2.36. The topological polar surface area (TPSA) is 53.6 Å². The number of urea groups is 1. The van der Waals surface area contributed by atoms with Crippen LogP contribution in [0, 0.1) is 5.92 Å². The van der Waals surface area contributed by atoms with Crippen molar-refractivity contribution in [1.82, 2.24) is 10.2 Å². The number of nitrogens with one attached hydrogen (secondary N) is 2. The number of amides is 2. The van der Waals surface area contributed by atoms with Crippen molar-refractivity contribution < 1.29 is 9.53 Å². The van der Waals surface area contributed by atoms with E-state index in [1.807, 2.05) is 20.2 Å². The van der Waals surface area contributed by atoms with Crippen LogP contribution in [0.1, 0.15) is 30.0 Å². The first-order chi connectivity index (χ1) is 10.2. The number of hydrogen-bond donors (Lipinski definition) is 2. The number of hydrogen-bond acceptors (Lipinski definition) is 3. The van der Waals surface area contributed by atoms with E-state index in [0.29, 0.717) is 18.5 Å². The van der Waals surface area contributed by atoms with Crippen molar-refractivity contribution in [1.29, 1.82) is 0 Å². The summed E-state index contributed by atoms with van der Waals surface area (Å²) < 4.78 is 5.62. The van der Waals surface area contributed by atoms with Crippen LogP contribution >= 0.6 is 0 Å². The van der Waals surface area contributed by atoms with E-state index in [1.54, 1.807) is 4.90 Å².